The molecule has 1 heterocycles. The quantitative estimate of drug-likeness (QED) is 0.438. The molecule has 5 heteroatoms. The van der Waals surface area contributed by atoms with Gasteiger partial charge in [0, 0.05) is 11.9 Å². The number of hydrogen-bond acceptors (Lipinski definition) is 3. The Balaban J connectivity index is 2.68. The van der Waals surface area contributed by atoms with Crippen LogP contribution in [0.25, 0.3) is 6.08 Å². The monoisotopic (exact) mass is 212 g/mol. The van der Waals surface area contributed by atoms with Crippen LogP contribution in [0.15, 0.2) is 24.4 Å². The molecule has 1 aromatic rings. The second kappa shape index (κ2) is 5.34. The van der Waals surface area contributed by atoms with E-state index >= 15 is 0 Å². The summed E-state index contributed by atoms with van der Waals surface area (Å²) in [5.74, 6) is 0.559. The first-order chi connectivity index (χ1) is 6.74. The summed E-state index contributed by atoms with van der Waals surface area (Å²) in [6.07, 6.45) is 5.66. The topological polar surface area (TPSA) is 56.0 Å². The van der Waals surface area contributed by atoms with E-state index in [1.165, 1.54) is 12.3 Å². The van der Waals surface area contributed by atoms with Crippen molar-refractivity contribution < 1.29 is 4.92 Å². The van der Waals surface area contributed by atoms with Crippen LogP contribution in [0.2, 0.25) is 0 Å². The first-order valence-electron chi connectivity index (χ1n) is 4.07. The van der Waals surface area contributed by atoms with Crippen LogP contribution in [0.3, 0.4) is 0 Å². The molecule has 0 spiro atoms. The van der Waals surface area contributed by atoms with Gasteiger partial charge in [-0.05, 0) is 18.6 Å². The van der Waals surface area contributed by atoms with Gasteiger partial charge in [0.15, 0.2) is 0 Å². The summed E-state index contributed by atoms with van der Waals surface area (Å²) >= 11 is 5.47. The first kappa shape index (κ1) is 10.7. The summed E-state index contributed by atoms with van der Waals surface area (Å²) in [6, 6.07) is 3.02. The van der Waals surface area contributed by atoms with Crippen molar-refractivity contribution in [3.8, 4) is 0 Å². The van der Waals surface area contributed by atoms with Crippen LogP contribution in [-0.2, 0) is 0 Å². The van der Waals surface area contributed by atoms with Crippen molar-refractivity contribution in [1.29, 1.82) is 0 Å². The Hall–Kier alpha value is -1.42. The number of aromatic nitrogens is 1. The van der Waals surface area contributed by atoms with Crippen LogP contribution >= 0.6 is 11.6 Å². The van der Waals surface area contributed by atoms with Crippen molar-refractivity contribution in [2.75, 3.05) is 5.88 Å². The molecule has 0 bridgehead atoms. The van der Waals surface area contributed by atoms with Crippen LogP contribution in [0.1, 0.15) is 12.1 Å². The van der Waals surface area contributed by atoms with E-state index in [4.69, 9.17) is 11.6 Å². The lowest BCUT2D eigenvalue weighted by Gasteiger charge is -1.92. The van der Waals surface area contributed by atoms with Gasteiger partial charge in [0.1, 0.15) is 6.20 Å². The Labute approximate surface area is 86.4 Å². The fraction of sp³-hybridized carbons (Fsp3) is 0.222. The molecule has 0 aromatic carbocycles. The van der Waals surface area contributed by atoms with Gasteiger partial charge in [-0.15, -0.1) is 11.6 Å². The molecule has 0 unspecified atom stereocenters. The number of nitro groups is 1. The van der Waals surface area contributed by atoms with Crippen molar-refractivity contribution in [3.63, 3.8) is 0 Å². The predicted molar refractivity (Wildman–Crippen MR) is 55.3 cm³/mol. The minimum Gasteiger partial charge on any atom is -0.258 e. The average molecular weight is 213 g/mol. The number of halogens is 1. The highest BCUT2D eigenvalue weighted by molar-refractivity contribution is 6.17. The lowest BCUT2D eigenvalue weighted by Crippen LogP contribution is -1.89. The van der Waals surface area contributed by atoms with E-state index in [9.17, 15) is 10.1 Å². The number of pyridine rings is 1. The maximum absolute atomic E-state index is 10.3. The largest absolute Gasteiger partial charge is 0.287 e. The SMILES string of the molecule is O=[N+]([O-])c1ccc(C=CCCCl)nc1. The molecule has 1 aromatic heterocycles. The Morgan fingerprint density at radius 3 is 2.86 bits per heavy atom. The van der Waals surface area contributed by atoms with Gasteiger partial charge in [-0.3, -0.25) is 10.1 Å². The number of hydrogen-bond donors (Lipinski definition) is 0. The maximum atomic E-state index is 10.3. The maximum Gasteiger partial charge on any atom is 0.287 e. The molecule has 0 fully saturated rings. The summed E-state index contributed by atoms with van der Waals surface area (Å²) in [5, 5.41) is 10.3. The van der Waals surface area contributed by atoms with E-state index in [1.54, 1.807) is 12.1 Å². The van der Waals surface area contributed by atoms with Crippen LogP contribution < -0.4 is 0 Å². The lowest BCUT2D eigenvalue weighted by atomic mass is 10.3. The zero-order valence-corrected chi connectivity index (χ0v) is 8.15. The highest BCUT2D eigenvalue weighted by atomic mass is 35.5. The second-order valence-electron chi connectivity index (χ2n) is 2.58. The van der Waals surface area contributed by atoms with E-state index in [-0.39, 0.29) is 5.69 Å². The smallest absolute Gasteiger partial charge is 0.258 e. The third kappa shape index (κ3) is 3.14. The van der Waals surface area contributed by atoms with E-state index < -0.39 is 4.92 Å². The minimum absolute atomic E-state index is 0.000469. The zero-order chi connectivity index (χ0) is 10.4. The summed E-state index contributed by atoms with van der Waals surface area (Å²) in [6.45, 7) is 0. The highest BCUT2D eigenvalue weighted by Crippen LogP contribution is 2.09. The van der Waals surface area contributed by atoms with Gasteiger partial charge in [0.25, 0.3) is 5.69 Å². The molecule has 0 aliphatic carbocycles. The molecule has 14 heavy (non-hydrogen) atoms. The number of allylic oxidation sites excluding steroid dienone is 1. The van der Waals surface area contributed by atoms with Crippen LogP contribution in [-0.4, -0.2) is 15.8 Å². The number of nitrogens with zero attached hydrogens (tertiary/aromatic N) is 2. The Kier molecular flexibility index (Phi) is 4.07. The van der Waals surface area contributed by atoms with Crippen molar-refractivity contribution in [1.82, 2.24) is 4.98 Å². The molecule has 0 amide bonds. The normalized spacial score (nSPS) is 10.6. The van der Waals surface area contributed by atoms with Gasteiger partial charge in [-0.1, -0.05) is 6.08 Å². The molecular weight excluding hydrogens is 204 g/mol. The molecular formula is C9H9ClN2O2. The number of rotatable bonds is 4. The minimum atomic E-state index is -0.473. The fourth-order valence-electron chi connectivity index (χ4n) is 0.871. The Bertz CT molecular complexity index is 335. The van der Waals surface area contributed by atoms with E-state index in [0.29, 0.717) is 11.6 Å². The standard InChI is InChI=1S/C9H9ClN2O2/c10-6-2-1-3-8-4-5-9(7-11-8)12(13)14/h1,3-5,7H,2,6H2. The summed E-state index contributed by atoms with van der Waals surface area (Å²) < 4.78 is 0. The van der Waals surface area contributed by atoms with Crippen molar-refractivity contribution in [2.45, 2.75) is 6.42 Å². The summed E-state index contributed by atoms with van der Waals surface area (Å²) in [7, 11) is 0. The van der Waals surface area contributed by atoms with E-state index in [2.05, 4.69) is 4.98 Å². The van der Waals surface area contributed by atoms with Crippen LogP contribution in [0.5, 0.6) is 0 Å². The molecule has 0 atom stereocenters. The molecule has 1 rings (SSSR count). The van der Waals surface area contributed by atoms with Crippen LogP contribution in [0, 0.1) is 10.1 Å². The second-order valence-corrected chi connectivity index (χ2v) is 2.96. The third-order valence-corrected chi connectivity index (χ3v) is 1.76. The van der Waals surface area contributed by atoms with Gasteiger partial charge < -0.3 is 0 Å². The van der Waals surface area contributed by atoms with E-state index in [1.807, 2.05) is 6.08 Å². The Morgan fingerprint density at radius 1 is 1.57 bits per heavy atom. The fourth-order valence-corrected chi connectivity index (χ4v) is 0.997. The molecule has 4 nitrogen and oxygen atoms in total. The van der Waals surface area contributed by atoms with Gasteiger partial charge in [0.2, 0.25) is 0 Å². The third-order valence-electron chi connectivity index (χ3n) is 1.55. The van der Waals surface area contributed by atoms with Gasteiger partial charge in [0.05, 0.1) is 10.6 Å². The number of alkyl halides is 1. The van der Waals surface area contributed by atoms with E-state index in [0.717, 1.165) is 6.42 Å². The molecule has 0 radical (unpaired) electrons. The Morgan fingerprint density at radius 2 is 2.36 bits per heavy atom. The first-order valence-corrected chi connectivity index (χ1v) is 4.60. The summed E-state index contributed by atoms with van der Waals surface area (Å²) in [5.41, 5.74) is 0.695. The molecule has 0 saturated carbocycles. The van der Waals surface area contributed by atoms with Crippen molar-refractivity contribution in [2.24, 2.45) is 0 Å². The van der Waals surface area contributed by atoms with Crippen LogP contribution in [0.4, 0.5) is 5.69 Å². The zero-order valence-electron chi connectivity index (χ0n) is 7.39. The molecule has 0 N–H and O–H groups in total. The van der Waals surface area contributed by atoms with Crippen molar-refractivity contribution >= 4 is 23.4 Å². The molecule has 0 saturated heterocycles. The lowest BCUT2D eigenvalue weighted by molar-refractivity contribution is -0.385. The molecule has 0 aliphatic heterocycles. The highest BCUT2D eigenvalue weighted by Gasteiger charge is 2.02. The average Bonchev–Trinajstić information content (AvgIpc) is 2.19. The van der Waals surface area contributed by atoms with Gasteiger partial charge in [-0.25, -0.2) is 4.98 Å². The summed E-state index contributed by atoms with van der Waals surface area (Å²) in [4.78, 5) is 13.7. The van der Waals surface area contributed by atoms with Gasteiger partial charge in [-0.2, -0.15) is 0 Å². The van der Waals surface area contributed by atoms with Crippen molar-refractivity contribution in [3.05, 3.63) is 40.2 Å². The molecule has 0 aliphatic rings. The predicted octanol–water partition coefficient (Wildman–Crippen LogP) is 2.63. The molecule has 74 valence electrons. The van der Waals surface area contributed by atoms with Gasteiger partial charge >= 0.3 is 0 Å².